The maximum Gasteiger partial charge on any atom is 0.340 e. The standard InChI is InChI=1S/C15H18N2O4/c1-3-21-13(19)10-6-4-5-7-11(10)17-14(20)15(2)8-12(18)16-9-15/h4-7H,3,8-9H2,1-2H3,(H,16,18)(H,17,20). The average Bonchev–Trinajstić information content (AvgIpc) is 2.80. The third kappa shape index (κ3) is 3.21. The van der Waals surface area contributed by atoms with Crippen molar-refractivity contribution < 1.29 is 19.1 Å². The highest BCUT2D eigenvalue weighted by Crippen LogP contribution is 2.28. The van der Waals surface area contributed by atoms with E-state index in [9.17, 15) is 14.4 Å². The molecule has 1 aliphatic rings. The number of amides is 2. The van der Waals surface area contributed by atoms with Crippen LogP contribution in [0.15, 0.2) is 24.3 Å². The van der Waals surface area contributed by atoms with Crippen LogP contribution in [-0.2, 0) is 14.3 Å². The Bertz CT molecular complexity index is 585. The topological polar surface area (TPSA) is 84.5 Å². The van der Waals surface area contributed by atoms with Crippen LogP contribution < -0.4 is 10.6 Å². The van der Waals surface area contributed by atoms with Crippen molar-refractivity contribution in [2.75, 3.05) is 18.5 Å². The van der Waals surface area contributed by atoms with Crippen molar-refractivity contribution >= 4 is 23.5 Å². The zero-order valence-corrected chi connectivity index (χ0v) is 12.1. The molecule has 1 atom stereocenters. The highest BCUT2D eigenvalue weighted by molar-refractivity contribution is 6.04. The van der Waals surface area contributed by atoms with Crippen molar-refractivity contribution in [3.05, 3.63) is 29.8 Å². The summed E-state index contributed by atoms with van der Waals surface area (Å²) in [5.74, 6) is -0.928. The summed E-state index contributed by atoms with van der Waals surface area (Å²) in [6, 6.07) is 6.65. The van der Waals surface area contributed by atoms with Crippen LogP contribution in [-0.4, -0.2) is 30.9 Å². The van der Waals surface area contributed by atoms with E-state index in [1.807, 2.05) is 0 Å². The molecule has 2 N–H and O–H groups in total. The van der Waals surface area contributed by atoms with Crippen LogP contribution in [0, 0.1) is 5.41 Å². The fraction of sp³-hybridized carbons (Fsp3) is 0.400. The van der Waals surface area contributed by atoms with Crippen molar-refractivity contribution in [2.45, 2.75) is 20.3 Å². The van der Waals surface area contributed by atoms with Crippen molar-refractivity contribution in [3.8, 4) is 0 Å². The van der Waals surface area contributed by atoms with Crippen LogP contribution in [0.3, 0.4) is 0 Å². The molecule has 1 heterocycles. The van der Waals surface area contributed by atoms with Crippen LogP contribution >= 0.6 is 0 Å². The van der Waals surface area contributed by atoms with Crippen LogP contribution in [0.1, 0.15) is 30.6 Å². The number of nitrogens with one attached hydrogen (secondary N) is 2. The normalized spacial score (nSPS) is 20.8. The van der Waals surface area contributed by atoms with Crippen LogP contribution in [0.25, 0.3) is 0 Å². The molecule has 1 aliphatic heterocycles. The number of para-hydroxylation sites is 1. The van der Waals surface area contributed by atoms with E-state index in [0.717, 1.165) is 0 Å². The van der Waals surface area contributed by atoms with Gasteiger partial charge in [0.05, 0.1) is 23.3 Å². The van der Waals surface area contributed by atoms with Gasteiger partial charge in [-0.25, -0.2) is 4.79 Å². The van der Waals surface area contributed by atoms with Crippen LogP contribution in [0.5, 0.6) is 0 Å². The molecule has 21 heavy (non-hydrogen) atoms. The predicted molar refractivity (Wildman–Crippen MR) is 76.8 cm³/mol. The summed E-state index contributed by atoms with van der Waals surface area (Å²) < 4.78 is 4.96. The summed E-state index contributed by atoms with van der Waals surface area (Å²) >= 11 is 0. The predicted octanol–water partition coefficient (Wildman–Crippen LogP) is 1.33. The number of benzene rings is 1. The molecule has 0 saturated carbocycles. The average molecular weight is 290 g/mol. The van der Waals surface area contributed by atoms with E-state index in [0.29, 0.717) is 17.8 Å². The quantitative estimate of drug-likeness (QED) is 0.819. The maximum absolute atomic E-state index is 12.4. The number of carbonyl (C=O) groups excluding carboxylic acids is 3. The number of hydrogen-bond acceptors (Lipinski definition) is 4. The molecule has 6 nitrogen and oxygen atoms in total. The smallest absolute Gasteiger partial charge is 0.340 e. The van der Waals surface area contributed by atoms with Crippen molar-refractivity contribution in [1.29, 1.82) is 0 Å². The molecule has 6 heteroatoms. The van der Waals surface area contributed by atoms with Gasteiger partial charge in [-0.1, -0.05) is 12.1 Å². The summed E-state index contributed by atoms with van der Waals surface area (Å²) in [6.45, 7) is 3.99. The third-order valence-electron chi connectivity index (χ3n) is 3.45. The van der Waals surface area contributed by atoms with Gasteiger partial charge in [0.2, 0.25) is 11.8 Å². The number of anilines is 1. The first-order valence-corrected chi connectivity index (χ1v) is 6.80. The van der Waals surface area contributed by atoms with Gasteiger partial charge < -0.3 is 15.4 Å². The fourth-order valence-electron chi connectivity index (χ4n) is 2.19. The summed E-state index contributed by atoms with van der Waals surface area (Å²) in [5.41, 5.74) is -0.117. The Morgan fingerprint density at radius 1 is 1.38 bits per heavy atom. The second-order valence-electron chi connectivity index (χ2n) is 5.23. The molecular weight excluding hydrogens is 272 g/mol. The van der Waals surface area contributed by atoms with Crippen molar-refractivity contribution in [2.24, 2.45) is 5.41 Å². The molecule has 0 aliphatic carbocycles. The number of rotatable bonds is 4. The highest BCUT2D eigenvalue weighted by Gasteiger charge is 2.41. The van der Waals surface area contributed by atoms with Gasteiger partial charge in [-0.15, -0.1) is 0 Å². The summed E-state index contributed by atoms with van der Waals surface area (Å²) in [7, 11) is 0. The number of esters is 1. The van der Waals surface area contributed by atoms with Crippen molar-refractivity contribution in [3.63, 3.8) is 0 Å². The minimum absolute atomic E-state index is 0.139. The molecule has 1 unspecified atom stereocenters. The molecule has 0 aromatic heterocycles. The molecule has 2 amide bonds. The first-order chi connectivity index (χ1) is 9.96. The second-order valence-corrected chi connectivity index (χ2v) is 5.23. The van der Waals surface area contributed by atoms with E-state index >= 15 is 0 Å². The van der Waals surface area contributed by atoms with E-state index < -0.39 is 11.4 Å². The highest BCUT2D eigenvalue weighted by atomic mass is 16.5. The lowest BCUT2D eigenvalue weighted by Crippen LogP contribution is -2.35. The Morgan fingerprint density at radius 2 is 2.10 bits per heavy atom. The molecule has 0 bridgehead atoms. The Balaban J connectivity index is 2.18. The minimum Gasteiger partial charge on any atom is -0.462 e. The zero-order chi connectivity index (χ0) is 15.5. The summed E-state index contributed by atoms with van der Waals surface area (Å²) in [5, 5.41) is 5.36. The molecular formula is C15H18N2O4. The Morgan fingerprint density at radius 3 is 2.71 bits per heavy atom. The fourth-order valence-corrected chi connectivity index (χ4v) is 2.19. The van der Waals surface area contributed by atoms with E-state index in [-0.39, 0.29) is 24.8 Å². The first kappa shape index (κ1) is 15.0. The van der Waals surface area contributed by atoms with Crippen molar-refractivity contribution in [1.82, 2.24) is 5.32 Å². The van der Waals surface area contributed by atoms with Gasteiger partial charge in [-0.05, 0) is 26.0 Å². The lowest BCUT2D eigenvalue weighted by Gasteiger charge is -2.21. The molecule has 1 saturated heterocycles. The molecule has 1 aromatic rings. The Kier molecular flexibility index (Phi) is 4.26. The molecule has 1 fully saturated rings. The monoisotopic (exact) mass is 290 g/mol. The van der Waals surface area contributed by atoms with Gasteiger partial charge in [0.15, 0.2) is 0 Å². The van der Waals surface area contributed by atoms with E-state index in [2.05, 4.69) is 10.6 Å². The lowest BCUT2D eigenvalue weighted by molar-refractivity contribution is -0.126. The van der Waals surface area contributed by atoms with Gasteiger partial charge in [0.25, 0.3) is 0 Å². The van der Waals surface area contributed by atoms with E-state index in [1.165, 1.54) is 0 Å². The maximum atomic E-state index is 12.4. The number of ether oxygens (including phenoxy) is 1. The lowest BCUT2D eigenvalue weighted by atomic mass is 9.88. The Hall–Kier alpha value is -2.37. The molecule has 0 spiro atoms. The summed E-state index contributed by atoms with van der Waals surface area (Å²) in [4.78, 5) is 35.5. The summed E-state index contributed by atoms with van der Waals surface area (Å²) in [6.07, 6.45) is 0.139. The van der Waals surface area contributed by atoms with Gasteiger partial charge in [-0.2, -0.15) is 0 Å². The largest absolute Gasteiger partial charge is 0.462 e. The van der Waals surface area contributed by atoms with Crippen LogP contribution in [0.2, 0.25) is 0 Å². The van der Waals surface area contributed by atoms with Crippen LogP contribution in [0.4, 0.5) is 5.69 Å². The zero-order valence-electron chi connectivity index (χ0n) is 12.1. The van der Waals surface area contributed by atoms with E-state index in [4.69, 9.17) is 4.74 Å². The molecule has 0 radical (unpaired) electrons. The van der Waals surface area contributed by atoms with Gasteiger partial charge in [0.1, 0.15) is 0 Å². The minimum atomic E-state index is -0.807. The molecule has 112 valence electrons. The number of carbonyl (C=O) groups is 3. The Labute approximate surface area is 122 Å². The second kappa shape index (κ2) is 5.95. The van der Waals surface area contributed by atoms with Gasteiger partial charge in [0, 0.05) is 13.0 Å². The third-order valence-corrected chi connectivity index (χ3v) is 3.45. The molecule has 1 aromatic carbocycles. The van der Waals surface area contributed by atoms with Gasteiger partial charge >= 0.3 is 5.97 Å². The SMILES string of the molecule is CCOC(=O)c1ccccc1NC(=O)C1(C)CNC(=O)C1. The first-order valence-electron chi connectivity index (χ1n) is 6.80. The number of hydrogen-bond donors (Lipinski definition) is 2. The molecule has 2 rings (SSSR count). The van der Waals surface area contributed by atoms with Gasteiger partial charge in [-0.3, -0.25) is 9.59 Å². The van der Waals surface area contributed by atoms with E-state index in [1.54, 1.807) is 38.1 Å².